The second-order valence-electron chi connectivity index (χ2n) is 5.15. The highest BCUT2D eigenvalue weighted by Gasteiger charge is 2.25. The van der Waals surface area contributed by atoms with Gasteiger partial charge in [-0.05, 0) is 18.2 Å². The zero-order valence-corrected chi connectivity index (χ0v) is 13.6. The third kappa shape index (κ3) is 3.30. The first-order valence-corrected chi connectivity index (χ1v) is 9.67. The number of rotatable bonds is 3. The maximum absolute atomic E-state index is 12.2. The molecule has 9 heteroatoms. The average Bonchev–Trinajstić information content (AvgIpc) is 2.39. The molecule has 0 unspecified atom stereocenters. The molecule has 1 heterocycles. The number of sulfone groups is 1. The summed E-state index contributed by atoms with van der Waals surface area (Å²) in [5.74, 6) is 0.105. The number of nitrogen functional groups attached to an aromatic ring is 1. The highest BCUT2D eigenvalue weighted by molar-refractivity contribution is 7.91. The van der Waals surface area contributed by atoms with E-state index in [0.717, 1.165) is 4.31 Å². The van der Waals surface area contributed by atoms with Gasteiger partial charge in [0.1, 0.15) is 0 Å². The molecule has 1 aliphatic heterocycles. The van der Waals surface area contributed by atoms with Crippen molar-refractivity contribution < 1.29 is 16.8 Å². The first kappa shape index (κ1) is 16.1. The van der Waals surface area contributed by atoms with Gasteiger partial charge in [0.25, 0.3) is 0 Å². The summed E-state index contributed by atoms with van der Waals surface area (Å²) < 4.78 is 48.4. The van der Waals surface area contributed by atoms with Crippen LogP contribution in [0.3, 0.4) is 0 Å². The Bertz CT molecular complexity index is 728. The van der Waals surface area contributed by atoms with E-state index >= 15 is 0 Å². The number of sulfonamides is 1. The second kappa shape index (κ2) is 5.47. The minimum absolute atomic E-state index is 0.0527. The van der Waals surface area contributed by atoms with Crippen molar-refractivity contribution in [2.24, 2.45) is 0 Å². The second-order valence-corrected chi connectivity index (χ2v) is 9.60. The van der Waals surface area contributed by atoms with Crippen molar-refractivity contribution in [1.82, 2.24) is 4.31 Å². The van der Waals surface area contributed by atoms with Gasteiger partial charge in [-0.1, -0.05) is 0 Å². The monoisotopic (exact) mass is 333 g/mol. The lowest BCUT2D eigenvalue weighted by Gasteiger charge is -2.30. The third-order valence-electron chi connectivity index (χ3n) is 3.47. The lowest BCUT2D eigenvalue weighted by molar-refractivity contribution is 0.520. The fourth-order valence-corrected chi connectivity index (χ4v) is 4.25. The highest BCUT2D eigenvalue weighted by atomic mass is 32.2. The zero-order chi connectivity index (χ0) is 15.8. The van der Waals surface area contributed by atoms with Crippen LogP contribution in [0.2, 0.25) is 0 Å². The van der Waals surface area contributed by atoms with Crippen molar-refractivity contribution in [1.29, 1.82) is 0 Å². The third-order valence-corrected chi connectivity index (χ3v) is 6.89. The molecule has 1 fully saturated rings. The maximum Gasteiger partial charge on any atom is 0.242 e. The molecule has 7 nitrogen and oxygen atoms in total. The molecule has 21 heavy (non-hydrogen) atoms. The first-order valence-electron chi connectivity index (χ1n) is 6.41. The molecule has 118 valence electrons. The molecule has 0 aliphatic carbocycles. The molecular weight excluding hydrogens is 314 g/mol. The van der Waals surface area contributed by atoms with E-state index in [9.17, 15) is 16.8 Å². The molecule has 1 aliphatic rings. The summed E-state index contributed by atoms with van der Waals surface area (Å²) >= 11 is 0. The van der Waals surface area contributed by atoms with Crippen molar-refractivity contribution >= 4 is 31.2 Å². The van der Waals surface area contributed by atoms with Gasteiger partial charge in [0.2, 0.25) is 10.0 Å². The van der Waals surface area contributed by atoms with Crippen LogP contribution >= 0.6 is 0 Å². The van der Waals surface area contributed by atoms with E-state index in [0.29, 0.717) is 24.5 Å². The predicted octanol–water partition coefficient (Wildman–Crippen LogP) is -0.246. The number of nitrogens with two attached hydrogens (primary N) is 1. The predicted molar refractivity (Wildman–Crippen MR) is 82.6 cm³/mol. The van der Waals surface area contributed by atoms with Crippen LogP contribution in [0.4, 0.5) is 11.4 Å². The summed E-state index contributed by atoms with van der Waals surface area (Å²) in [6, 6.07) is 4.49. The van der Waals surface area contributed by atoms with Gasteiger partial charge in [0.15, 0.2) is 9.84 Å². The van der Waals surface area contributed by atoms with E-state index in [1.54, 1.807) is 0 Å². The zero-order valence-electron chi connectivity index (χ0n) is 12.0. The lowest BCUT2D eigenvalue weighted by Crippen LogP contribution is -2.40. The van der Waals surface area contributed by atoms with Crippen LogP contribution in [0.1, 0.15) is 0 Å². The van der Waals surface area contributed by atoms with Gasteiger partial charge in [0.05, 0.1) is 27.8 Å². The van der Waals surface area contributed by atoms with Crippen molar-refractivity contribution in [3.63, 3.8) is 0 Å². The smallest absolute Gasteiger partial charge is 0.242 e. The Labute approximate surface area is 125 Å². The van der Waals surface area contributed by atoms with Crippen molar-refractivity contribution in [2.75, 3.05) is 49.3 Å². The van der Waals surface area contributed by atoms with Crippen LogP contribution in [-0.2, 0) is 19.9 Å². The number of hydrogen-bond acceptors (Lipinski definition) is 6. The van der Waals surface area contributed by atoms with Gasteiger partial charge < -0.3 is 10.6 Å². The first-order chi connectivity index (χ1) is 9.63. The molecule has 0 saturated carbocycles. The van der Waals surface area contributed by atoms with E-state index in [4.69, 9.17) is 5.73 Å². The van der Waals surface area contributed by atoms with E-state index in [-0.39, 0.29) is 16.4 Å². The van der Waals surface area contributed by atoms with E-state index in [2.05, 4.69) is 0 Å². The molecule has 0 bridgehead atoms. The fraction of sp³-hybridized carbons (Fsp3) is 0.500. The van der Waals surface area contributed by atoms with Gasteiger partial charge in [-0.2, -0.15) is 0 Å². The Balaban J connectivity index is 2.37. The molecule has 0 amide bonds. The van der Waals surface area contributed by atoms with Gasteiger partial charge >= 0.3 is 0 Å². The van der Waals surface area contributed by atoms with Gasteiger partial charge in [0, 0.05) is 27.2 Å². The molecule has 0 spiro atoms. The van der Waals surface area contributed by atoms with Crippen molar-refractivity contribution in [3.8, 4) is 0 Å². The minimum atomic E-state index is -3.54. The molecule has 0 aromatic heterocycles. The largest absolute Gasteiger partial charge is 0.397 e. The minimum Gasteiger partial charge on any atom is -0.397 e. The van der Waals surface area contributed by atoms with Crippen molar-refractivity contribution in [3.05, 3.63) is 18.2 Å². The normalized spacial score (nSPS) is 18.9. The Morgan fingerprint density at radius 3 is 2.29 bits per heavy atom. The topological polar surface area (TPSA) is 101 Å². The summed E-state index contributed by atoms with van der Waals surface area (Å²) in [5.41, 5.74) is 6.91. The van der Waals surface area contributed by atoms with Crippen LogP contribution < -0.4 is 10.6 Å². The van der Waals surface area contributed by atoms with Gasteiger partial charge in [-0.15, -0.1) is 0 Å². The van der Waals surface area contributed by atoms with Gasteiger partial charge in [-0.3, -0.25) is 0 Å². The Morgan fingerprint density at radius 1 is 1.19 bits per heavy atom. The summed E-state index contributed by atoms with van der Waals surface area (Å²) in [5, 5.41) is 0. The number of nitrogens with zero attached hydrogens (tertiary/aromatic N) is 2. The van der Waals surface area contributed by atoms with E-state index < -0.39 is 19.9 Å². The lowest BCUT2D eigenvalue weighted by atomic mass is 10.2. The molecule has 0 radical (unpaired) electrons. The molecule has 2 N–H and O–H groups in total. The fourth-order valence-electron chi connectivity index (χ4n) is 2.12. The standard InChI is InChI=1S/C12H19N3O4S2/c1-14(2)21(18,19)10-3-4-11(13)12(9-10)15-5-7-20(16,17)8-6-15/h3-4,9H,5-8,13H2,1-2H3. The summed E-state index contributed by atoms with van der Waals surface area (Å²) in [7, 11) is -3.63. The van der Waals surface area contributed by atoms with E-state index in [1.807, 2.05) is 4.90 Å². The quantitative estimate of drug-likeness (QED) is 0.766. The number of benzene rings is 1. The van der Waals surface area contributed by atoms with Crippen LogP contribution in [0.15, 0.2) is 23.1 Å². The van der Waals surface area contributed by atoms with Crippen molar-refractivity contribution in [2.45, 2.75) is 4.90 Å². The van der Waals surface area contributed by atoms with Crippen LogP contribution in [0, 0.1) is 0 Å². The molecular formula is C12H19N3O4S2. The molecule has 1 aromatic rings. The maximum atomic E-state index is 12.2. The van der Waals surface area contributed by atoms with Crippen LogP contribution in [0.5, 0.6) is 0 Å². The van der Waals surface area contributed by atoms with Crippen LogP contribution in [0.25, 0.3) is 0 Å². The molecule has 1 saturated heterocycles. The summed E-state index contributed by atoms with van der Waals surface area (Å²) in [4.78, 5) is 1.95. The Morgan fingerprint density at radius 2 is 1.76 bits per heavy atom. The average molecular weight is 333 g/mol. The molecule has 2 rings (SSSR count). The SMILES string of the molecule is CN(C)S(=O)(=O)c1ccc(N)c(N2CCS(=O)(=O)CC2)c1. The molecule has 0 atom stereocenters. The number of anilines is 2. The summed E-state index contributed by atoms with van der Waals surface area (Å²) in [6.07, 6.45) is 0. The molecule has 1 aromatic carbocycles. The van der Waals surface area contributed by atoms with Gasteiger partial charge in [-0.25, -0.2) is 21.1 Å². The Kier molecular flexibility index (Phi) is 4.18. The van der Waals surface area contributed by atoms with Crippen LogP contribution in [-0.4, -0.2) is 59.8 Å². The van der Waals surface area contributed by atoms with E-state index in [1.165, 1.54) is 32.3 Å². The number of hydrogen-bond donors (Lipinski definition) is 1. The summed E-state index contributed by atoms with van der Waals surface area (Å²) in [6.45, 7) is 0.635. The Hall–Kier alpha value is -1.32. The highest BCUT2D eigenvalue weighted by Crippen LogP contribution is 2.28.